The molecule has 3 heteroatoms. The molecule has 2 aliphatic rings. The van der Waals surface area contributed by atoms with E-state index in [-0.39, 0.29) is 5.78 Å². The summed E-state index contributed by atoms with van der Waals surface area (Å²) in [6.07, 6.45) is 5.06. The fourth-order valence-electron chi connectivity index (χ4n) is 2.94. The zero-order valence-corrected chi connectivity index (χ0v) is 9.39. The molecule has 0 saturated heterocycles. The van der Waals surface area contributed by atoms with E-state index in [1.807, 2.05) is 22.9 Å². The lowest BCUT2D eigenvalue weighted by molar-refractivity contribution is 0.103. The van der Waals surface area contributed by atoms with E-state index in [1.165, 1.54) is 11.3 Å². The molecule has 2 aliphatic heterocycles. The van der Waals surface area contributed by atoms with Gasteiger partial charge in [-0.1, -0.05) is 0 Å². The van der Waals surface area contributed by atoms with Gasteiger partial charge in [0.15, 0.2) is 0 Å². The van der Waals surface area contributed by atoms with Gasteiger partial charge < -0.3 is 9.13 Å². The van der Waals surface area contributed by atoms with E-state index in [1.54, 1.807) is 0 Å². The van der Waals surface area contributed by atoms with Crippen LogP contribution in [0.3, 0.4) is 0 Å². The van der Waals surface area contributed by atoms with E-state index < -0.39 is 0 Å². The zero-order chi connectivity index (χ0) is 11.4. The standard InChI is InChI=1S/C14H12N2O/c17-14-11(9-16-7-2-4-13(14)16)10-5-8-15-6-1-3-12(10)15/h1-4,6-7H,5,8-9H2. The molecule has 84 valence electrons. The Balaban J connectivity index is 1.89. The van der Waals surface area contributed by atoms with Crippen LogP contribution in [0.2, 0.25) is 0 Å². The molecule has 3 nitrogen and oxygen atoms in total. The number of aryl methyl sites for hydroxylation is 1. The van der Waals surface area contributed by atoms with Gasteiger partial charge in [-0.05, 0) is 36.3 Å². The Hall–Kier alpha value is -2.03. The van der Waals surface area contributed by atoms with Crippen molar-refractivity contribution in [3.05, 3.63) is 53.6 Å². The Labute approximate surface area is 99.0 Å². The molecule has 0 atom stereocenters. The molecule has 0 amide bonds. The van der Waals surface area contributed by atoms with Gasteiger partial charge in [0.2, 0.25) is 5.78 Å². The predicted molar refractivity (Wildman–Crippen MR) is 64.7 cm³/mol. The molecule has 2 aromatic heterocycles. The van der Waals surface area contributed by atoms with Crippen LogP contribution >= 0.6 is 0 Å². The van der Waals surface area contributed by atoms with Gasteiger partial charge in [0, 0.05) is 30.2 Å². The summed E-state index contributed by atoms with van der Waals surface area (Å²) < 4.78 is 4.26. The normalized spacial score (nSPS) is 22.0. The summed E-state index contributed by atoms with van der Waals surface area (Å²) in [7, 11) is 0. The van der Waals surface area contributed by atoms with Gasteiger partial charge in [0.1, 0.15) is 0 Å². The topological polar surface area (TPSA) is 26.9 Å². The fourth-order valence-corrected chi connectivity index (χ4v) is 2.94. The lowest BCUT2D eigenvalue weighted by atomic mass is 10.0. The number of rotatable bonds is 0. The maximum absolute atomic E-state index is 12.3. The smallest absolute Gasteiger partial charge is 0.207 e. The Kier molecular flexibility index (Phi) is 1.60. The summed E-state index contributed by atoms with van der Waals surface area (Å²) in [4.78, 5) is 12.3. The Bertz CT molecular complexity index is 657. The van der Waals surface area contributed by atoms with Crippen LogP contribution in [0.25, 0.3) is 5.57 Å². The average Bonchev–Trinajstić information content (AvgIpc) is 3.01. The number of carbonyl (C=O) groups is 1. The van der Waals surface area contributed by atoms with Crippen molar-refractivity contribution in [1.29, 1.82) is 0 Å². The van der Waals surface area contributed by atoms with E-state index >= 15 is 0 Å². The van der Waals surface area contributed by atoms with Crippen molar-refractivity contribution in [2.24, 2.45) is 0 Å². The Morgan fingerprint density at radius 3 is 2.53 bits per heavy atom. The van der Waals surface area contributed by atoms with E-state index in [0.29, 0.717) is 0 Å². The van der Waals surface area contributed by atoms with Crippen molar-refractivity contribution in [3.8, 4) is 0 Å². The molecule has 4 heterocycles. The van der Waals surface area contributed by atoms with E-state index in [4.69, 9.17) is 0 Å². The van der Waals surface area contributed by atoms with Crippen LogP contribution in [-0.4, -0.2) is 14.9 Å². The molecule has 0 aliphatic carbocycles. The van der Waals surface area contributed by atoms with Gasteiger partial charge >= 0.3 is 0 Å². The second-order valence-corrected chi connectivity index (χ2v) is 4.64. The van der Waals surface area contributed by atoms with Crippen LogP contribution in [0, 0.1) is 0 Å². The summed E-state index contributed by atoms with van der Waals surface area (Å²) in [5.41, 5.74) is 4.28. The third kappa shape index (κ3) is 1.08. The van der Waals surface area contributed by atoms with E-state index in [2.05, 4.69) is 22.9 Å². The second-order valence-electron chi connectivity index (χ2n) is 4.64. The summed E-state index contributed by atoms with van der Waals surface area (Å²) in [6.45, 7) is 1.74. The molecule has 4 rings (SSSR count). The minimum Gasteiger partial charge on any atom is -0.347 e. The summed E-state index contributed by atoms with van der Waals surface area (Å²) in [5.74, 6) is 0.208. The predicted octanol–water partition coefficient (Wildman–Crippen LogP) is 2.34. The number of aromatic nitrogens is 2. The first kappa shape index (κ1) is 9.05. The summed E-state index contributed by atoms with van der Waals surface area (Å²) >= 11 is 0. The number of ketones is 1. The summed E-state index contributed by atoms with van der Waals surface area (Å²) in [6, 6.07) is 8.00. The molecule has 0 fully saturated rings. The van der Waals surface area contributed by atoms with E-state index in [9.17, 15) is 4.79 Å². The highest BCUT2D eigenvalue weighted by molar-refractivity contribution is 6.14. The molecule has 0 unspecified atom stereocenters. The van der Waals surface area contributed by atoms with Crippen molar-refractivity contribution in [2.75, 3.05) is 0 Å². The maximum Gasteiger partial charge on any atom is 0.207 e. The first-order valence-corrected chi connectivity index (χ1v) is 5.92. The minimum absolute atomic E-state index is 0.208. The number of fused-ring (bicyclic) bond motifs is 2. The first-order chi connectivity index (χ1) is 8.34. The molecule has 0 N–H and O–H groups in total. The fraction of sp³-hybridized carbons (Fsp3) is 0.214. The SMILES string of the molecule is O=C1C(=C2CCn3cccc32)Cn2cccc21. The van der Waals surface area contributed by atoms with Gasteiger partial charge in [-0.3, -0.25) is 4.79 Å². The third-order valence-electron chi connectivity index (χ3n) is 3.77. The number of Topliss-reactive ketones (excluding diaryl/α,β-unsaturated/α-hetero) is 1. The molecular formula is C14H12N2O. The van der Waals surface area contributed by atoms with Crippen LogP contribution in [0.5, 0.6) is 0 Å². The van der Waals surface area contributed by atoms with Crippen LogP contribution in [0.15, 0.2) is 42.2 Å². The van der Waals surface area contributed by atoms with Crippen LogP contribution < -0.4 is 0 Å². The van der Waals surface area contributed by atoms with Gasteiger partial charge in [0.25, 0.3) is 0 Å². The Morgan fingerprint density at radius 2 is 1.71 bits per heavy atom. The highest BCUT2D eigenvalue weighted by Crippen LogP contribution is 2.34. The minimum atomic E-state index is 0.208. The lowest BCUT2D eigenvalue weighted by Crippen LogP contribution is -1.98. The zero-order valence-electron chi connectivity index (χ0n) is 9.39. The molecule has 0 saturated carbocycles. The molecule has 0 radical (unpaired) electrons. The molecule has 17 heavy (non-hydrogen) atoms. The first-order valence-electron chi connectivity index (χ1n) is 5.92. The van der Waals surface area contributed by atoms with Crippen molar-refractivity contribution in [1.82, 2.24) is 9.13 Å². The molecule has 2 aromatic rings. The quantitative estimate of drug-likeness (QED) is 0.631. The monoisotopic (exact) mass is 224 g/mol. The lowest BCUT2D eigenvalue weighted by Gasteiger charge is -2.02. The van der Waals surface area contributed by atoms with Crippen molar-refractivity contribution < 1.29 is 4.79 Å². The molecular weight excluding hydrogens is 212 g/mol. The largest absolute Gasteiger partial charge is 0.347 e. The van der Waals surface area contributed by atoms with Gasteiger partial charge in [0.05, 0.1) is 12.2 Å². The average molecular weight is 224 g/mol. The number of hydrogen-bond acceptors (Lipinski definition) is 1. The highest BCUT2D eigenvalue weighted by atomic mass is 16.1. The highest BCUT2D eigenvalue weighted by Gasteiger charge is 2.29. The van der Waals surface area contributed by atoms with Crippen molar-refractivity contribution in [2.45, 2.75) is 19.5 Å². The molecule has 0 spiro atoms. The van der Waals surface area contributed by atoms with Crippen molar-refractivity contribution >= 4 is 11.4 Å². The van der Waals surface area contributed by atoms with Gasteiger partial charge in [-0.25, -0.2) is 0 Å². The number of carbonyl (C=O) groups excluding carboxylic acids is 1. The second kappa shape index (κ2) is 3.00. The Morgan fingerprint density at radius 1 is 0.941 bits per heavy atom. The van der Waals surface area contributed by atoms with Crippen LogP contribution in [0.4, 0.5) is 0 Å². The number of allylic oxidation sites excluding steroid dienone is 2. The van der Waals surface area contributed by atoms with Gasteiger partial charge in [-0.2, -0.15) is 0 Å². The number of hydrogen-bond donors (Lipinski definition) is 0. The summed E-state index contributed by atoms with van der Waals surface area (Å²) in [5, 5.41) is 0. The van der Waals surface area contributed by atoms with Crippen molar-refractivity contribution in [3.63, 3.8) is 0 Å². The number of nitrogens with zero attached hydrogens (tertiary/aromatic N) is 2. The van der Waals surface area contributed by atoms with E-state index in [0.717, 1.165) is 30.8 Å². The van der Waals surface area contributed by atoms with Crippen LogP contribution in [-0.2, 0) is 13.1 Å². The third-order valence-corrected chi connectivity index (χ3v) is 3.77. The van der Waals surface area contributed by atoms with Crippen LogP contribution in [0.1, 0.15) is 22.6 Å². The molecule has 0 aromatic carbocycles. The molecule has 0 bridgehead atoms. The van der Waals surface area contributed by atoms with Gasteiger partial charge in [-0.15, -0.1) is 0 Å². The maximum atomic E-state index is 12.3.